The number of nitrogens with one attached hydrogen (secondary N) is 2. The standard InChI is InChI=1S/C13H17N3O3/c1-2-19-13(18)8(7-14)11-12(17)16-10-6-4-3-5-9(10)15-11/h9-10,15H,2-6H2,1H3,(H,16,17)/b11-8-/t9-,10-/m1/s1. The van der Waals surface area contributed by atoms with Gasteiger partial charge in [-0.05, 0) is 19.8 Å². The van der Waals surface area contributed by atoms with Gasteiger partial charge in [-0.1, -0.05) is 12.8 Å². The van der Waals surface area contributed by atoms with E-state index < -0.39 is 11.9 Å². The van der Waals surface area contributed by atoms with Gasteiger partial charge in [-0.25, -0.2) is 4.79 Å². The van der Waals surface area contributed by atoms with Gasteiger partial charge in [0.1, 0.15) is 11.8 Å². The van der Waals surface area contributed by atoms with E-state index >= 15 is 0 Å². The molecule has 0 aromatic heterocycles. The maximum absolute atomic E-state index is 12.0. The van der Waals surface area contributed by atoms with Crippen molar-refractivity contribution in [3.8, 4) is 6.07 Å². The van der Waals surface area contributed by atoms with Gasteiger partial charge >= 0.3 is 5.97 Å². The first-order chi connectivity index (χ1) is 9.17. The highest BCUT2D eigenvalue weighted by molar-refractivity contribution is 6.05. The number of fused-ring (bicyclic) bond motifs is 1. The van der Waals surface area contributed by atoms with Gasteiger partial charge in [-0.3, -0.25) is 4.79 Å². The van der Waals surface area contributed by atoms with Crippen LogP contribution in [0.5, 0.6) is 0 Å². The Morgan fingerprint density at radius 3 is 2.58 bits per heavy atom. The molecule has 0 spiro atoms. The number of hydrogen-bond donors (Lipinski definition) is 2. The topological polar surface area (TPSA) is 91.2 Å². The van der Waals surface area contributed by atoms with Gasteiger partial charge < -0.3 is 15.4 Å². The Balaban J connectivity index is 2.24. The summed E-state index contributed by atoms with van der Waals surface area (Å²) in [6.45, 7) is 1.83. The van der Waals surface area contributed by atoms with Gasteiger partial charge in [-0.2, -0.15) is 5.26 Å². The predicted octanol–water partition coefficient (Wildman–Crippen LogP) is 0.358. The molecule has 102 valence electrons. The SMILES string of the molecule is CCOC(=O)/C(C#N)=C1\N[C@@H]2CCCC[C@H]2NC1=O. The number of ether oxygens (including phenoxy) is 1. The van der Waals surface area contributed by atoms with Crippen molar-refractivity contribution in [2.75, 3.05) is 6.61 Å². The molecule has 0 aromatic carbocycles. The van der Waals surface area contributed by atoms with Crippen LogP contribution in [0.15, 0.2) is 11.3 Å². The minimum atomic E-state index is -0.753. The molecule has 2 rings (SSSR count). The van der Waals surface area contributed by atoms with E-state index in [1.807, 2.05) is 0 Å². The summed E-state index contributed by atoms with van der Waals surface area (Å²) in [5.74, 6) is -1.15. The Labute approximate surface area is 111 Å². The van der Waals surface area contributed by atoms with Crippen molar-refractivity contribution in [1.82, 2.24) is 10.6 Å². The molecule has 0 radical (unpaired) electrons. The second-order valence-corrected chi connectivity index (χ2v) is 4.70. The van der Waals surface area contributed by atoms with Gasteiger partial charge in [0.25, 0.3) is 5.91 Å². The van der Waals surface area contributed by atoms with E-state index in [0.717, 1.165) is 25.7 Å². The molecule has 1 aliphatic heterocycles. The van der Waals surface area contributed by atoms with Crippen LogP contribution in [-0.2, 0) is 14.3 Å². The maximum atomic E-state index is 12.0. The summed E-state index contributed by atoms with van der Waals surface area (Å²) in [4.78, 5) is 23.6. The number of amides is 1. The molecule has 0 bridgehead atoms. The van der Waals surface area contributed by atoms with E-state index in [-0.39, 0.29) is 30.0 Å². The first-order valence-electron chi connectivity index (χ1n) is 6.56. The molecule has 2 atom stereocenters. The lowest BCUT2D eigenvalue weighted by Crippen LogP contribution is -2.59. The number of piperazine rings is 1. The molecule has 0 aromatic rings. The Kier molecular flexibility index (Phi) is 4.05. The largest absolute Gasteiger partial charge is 0.462 e. The number of hydrogen-bond acceptors (Lipinski definition) is 5. The van der Waals surface area contributed by atoms with Crippen LogP contribution in [0.4, 0.5) is 0 Å². The molecular formula is C13H17N3O3. The molecule has 1 saturated carbocycles. The van der Waals surface area contributed by atoms with Crippen molar-refractivity contribution < 1.29 is 14.3 Å². The molecule has 1 aliphatic carbocycles. The molecule has 6 nitrogen and oxygen atoms in total. The van der Waals surface area contributed by atoms with Crippen molar-refractivity contribution in [1.29, 1.82) is 5.26 Å². The van der Waals surface area contributed by atoms with Gasteiger partial charge in [0.2, 0.25) is 0 Å². The molecule has 2 fully saturated rings. The average Bonchev–Trinajstić information content (AvgIpc) is 2.40. The molecule has 1 amide bonds. The van der Waals surface area contributed by atoms with Crippen LogP contribution in [0.3, 0.4) is 0 Å². The fraction of sp³-hybridized carbons (Fsp3) is 0.615. The minimum Gasteiger partial charge on any atom is -0.462 e. The monoisotopic (exact) mass is 263 g/mol. The van der Waals surface area contributed by atoms with Gasteiger partial charge in [0.15, 0.2) is 5.57 Å². The summed E-state index contributed by atoms with van der Waals surface area (Å²) >= 11 is 0. The molecular weight excluding hydrogens is 246 g/mol. The number of nitriles is 1. The Hall–Kier alpha value is -2.03. The number of rotatable bonds is 2. The molecule has 0 unspecified atom stereocenters. The van der Waals surface area contributed by atoms with E-state index in [1.165, 1.54) is 0 Å². The van der Waals surface area contributed by atoms with Gasteiger partial charge in [-0.15, -0.1) is 0 Å². The first kappa shape index (κ1) is 13.4. The highest BCUT2D eigenvalue weighted by atomic mass is 16.5. The Morgan fingerprint density at radius 1 is 1.37 bits per heavy atom. The highest BCUT2D eigenvalue weighted by Crippen LogP contribution is 2.23. The van der Waals surface area contributed by atoms with Crippen LogP contribution < -0.4 is 10.6 Å². The third kappa shape index (κ3) is 2.70. The van der Waals surface area contributed by atoms with E-state index in [4.69, 9.17) is 10.00 Å². The molecule has 6 heteroatoms. The number of nitrogens with zero attached hydrogens (tertiary/aromatic N) is 1. The Bertz CT molecular complexity index is 464. The van der Waals surface area contributed by atoms with Gasteiger partial charge in [0, 0.05) is 12.1 Å². The van der Waals surface area contributed by atoms with Crippen molar-refractivity contribution >= 4 is 11.9 Å². The van der Waals surface area contributed by atoms with Crippen molar-refractivity contribution in [3.05, 3.63) is 11.3 Å². The quantitative estimate of drug-likeness (QED) is 0.426. The fourth-order valence-corrected chi connectivity index (χ4v) is 2.56. The zero-order chi connectivity index (χ0) is 13.8. The van der Waals surface area contributed by atoms with Crippen LogP contribution in [0, 0.1) is 11.3 Å². The summed E-state index contributed by atoms with van der Waals surface area (Å²) in [6.07, 6.45) is 4.03. The van der Waals surface area contributed by atoms with Crippen LogP contribution >= 0.6 is 0 Å². The van der Waals surface area contributed by atoms with Crippen LogP contribution in [-0.4, -0.2) is 30.6 Å². The smallest absolute Gasteiger partial charge is 0.351 e. The van der Waals surface area contributed by atoms with Crippen molar-refractivity contribution in [2.45, 2.75) is 44.7 Å². The zero-order valence-corrected chi connectivity index (χ0v) is 10.9. The van der Waals surface area contributed by atoms with Crippen LogP contribution in [0.2, 0.25) is 0 Å². The van der Waals surface area contributed by atoms with Crippen LogP contribution in [0.25, 0.3) is 0 Å². The number of carbonyl (C=O) groups excluding carboxylic acids is 2. The predicted molar refractivity (Wildman–Crippen MR) is 66.6 cm³/mol. The lowest BCUT2D eigenvalue weighted by molar-refractivity contribution is -0.138. The van der Waals surface area contributed by atoms with Crippen LogP contribution in [0.1, 0.15) is 32.6 Å². The van der Waals surface area contributed by atoms with E-state index in [9.17, 15) is 9.59 Å². The first-order valence-corrected chi connectivity index (χ1v) is 6.56. The Morgan fingerprint density at radius 2 is 2.00 bits per heavy atom. The molecule has 19 heavy (non-hydrogen) atoms. The molecule has 1 heterocycles. The van der Waals surface area contributed by atoms with Crippen molar-refractivity contribution in [3.63, 3.8) is 0 Å². The lowest BCUT2D eigenvalue weighted by atomic mass is 9.88. The summed E-state index contributed by atoms with van der Waals surface area (Å²) < 4.78 is 4.79. The van der Waals surface area contributed by atoms with E-state index in [1.54, 1.807) is 13.0 Å². The zero-order valence-electron chi connectivity index (χ0n) is 10.9. The number of esters is 1. The fourth-order valence-electron chi connectivity index (χ4n) is 2.56. The third-order valence-electron chi connectivity index (χ3n) is 3.48. The summed E-state index contributed by atoms with van der Waals surface area (Å²) in [7, 11) is 0. The van der Waals surface area contributed by atoms with E-state index in [0.29, 0.717) is 0 Å². The molecule has 2 aliphatic rings. The lowest BCUT2D eigenvalue weighted by Gasteiger charge is -2.38. The summed E-state index contributed by atoms with van der Waals surface area (Å²) in [6, 6.07) is 1.95. The third-order valence-corrected chi connectivity index (χ3v) is 3.48. The van der Waals surface area contributed by atoms with Crippen molar-refractivity contribution in [2.24, 2.45) is 0 Å². The second kappa shape index (κ2) is 5.74. The average molecular weight is 263 g/mol. The van der Waals surface area contributed by atoms with E-state index in [2.05, 4.69) is 10.6 Å². The molecule has 1 saturated heterocycles. The van der Waals surface area contributed by atoms with Gasteiger partial charge in [0.05, 0.1) is 6.61 Å². The summed E-state index contributed by atoms with van der Waals surface area (Å²) in [5.41, 5.74) is -0.201. The highest BCUT2D eigenvalue weighted by Gasteiger charge is 2.36. The normalized spacial score (nSPS) is 28.3. The molecule has 2 N–H and O–H groups in total. The second-order valence-electron chi connectivity index (χ2n) is 4.70. The summed E-state index contributed by atoms with van der Waals surface area (Å²) in [5, 5.41) is 15.0. The number of carbonyl (C=O) groups is 2. The maximum Gasteiger partial charge on any atom is 0.351 e. The minimum absolute atomic E-state index is 0.0455.